The molecule has 1 aliphatic rings. The smallest absolute Gasteiger partial charge is 0.365 e. The van der Waals surface area contributed by atoms with Crippen molar-refractivity contribution < 1.29 is 19.2 Å². The summed E-state index contributed by atoms with van der Waals surface area (Å²) in [7, 11) is 1.40. The third-order valence-electron chi connectivity index (χ3n) is 5.85. The maximum Gasteiger partial charge on any atom is 0.365 e. The number of amides is 1. The van der Waals surface area contributed by atoms with Gasteiger partial charge in [0, 0.05) is 17.7 Å². The van der Waals surface area contributed by atoms with E-state index in [4.69, 9.17) is 4.74 Å². The summed E-state index contributed by atoms with van der Waals surface area (Å²) in [5, 5.41) is 3.07. The Labute approximate surface area is 182 Å². The van der Waals surface area contributed by atoms with Crippen LogP contribution in [0.3, 0.4) is 0 Å². The van der Waals surface area contributed by atoms with Gasteiger partial charge in [0.1, 0.15) is 6.54 Å². The van der Waals surface area contributed by atoms with E-state index in [2.05, 4.69) is 23.5 Å². The van der Waals surface area contributed by atoms with Gasteiger partial charge in [-0.15, -0.1) is 0 Å². The molecule has 0 radical (unpaired) electrons. The number of fused-ring (bicyclic) bond motifs is 1. The van der Waals surface area contributed by atoms with Crippen LogP contribution in [0.2, 0.25) is 0 Å². The van der Waals surface area contributed by atoms with Crippen LogP contribution >= 0.6 is 0 Å². The molecule has 158 valence electrons. The number of nitrogens with one attached hydrogen (secondary N) is 2. The molecule has 31 heavy (non-hydrogen) atoms. The molecule has 2 atom stereocenters. The Balaban J connectivity index is 1.49. The monoisotopic (exact) mass is 415 g/mol. The Bertz CT molecular complexity index is 1070. The average molecular weight is 416 g/mol. The molecule has 4 rings (SSSR count). The quantitative estimate of drug-likeness (QED) is 0.608. The molecule has 0 bridgehead atoms. The highest BCUT2D eigenvalue weighted by Gasteiger charge is 2.37. The fourth-order valence-corrected chi connectivity index (χ4v) is 4.25. The first-order valence-corrected chi connectivity index (χ1v) is 10.5. The predicted octanol–water partition coefficient (Wildman–Crippen LogP) is 2.40. The van der Waals surface area contributed by atoms with Gasteiger partial charge < -0.3 is 15.0 Å². The van der Waals surface area contributed by atoms with Crippen molar-refractivity contribution in [2.75, 3.05) is 19.0 Å². The van der Waals surface area contributed by atoms with Crippen LogP contribution in [0, 0.1) is 0 Å². The lowest BCUT2D eigenvalue weighted by Gasteiger charge is -2.31. The third kappa shape index (κ3) is 5.01. The van der Waals surface area contributed by atoms with E-state index in [0.717, 1.165) is 28.1 Å². The first-order chi connectivity index (χ1) is 15.1. The number of esters is 1. The van der Waals surface area contributed by atoms with E-state index in [0.29, 0.717) is 13.0 Å². The second-order valence-corrected chi connectivity index (χ2v) is 7.93. The Morgan fingerprint density at radius 3 is 2.39 bits per heavy atom. The maximum absolute atomic E-state index is 13.0. The van der Waals surface area contributed by atoms with Gasteiger partial charge in [-0.05, 0) is 29.2 Å². The van der Waals surface area contributed by atoms with Crippen molar-refractivity contribution in [3.05, 3.63) is 101 Å². The number of methoxy groups -OCH3 is 1. The minimum absolute atomic E-state index is 0.108. The lowest BCUT2D eigenvalue weighted by Crippen LogP contribution is -3.17. The number of ether oxygens (including phenoxy) is 1. The predicted molar refractivity (Wildman–Crippen MR) is 120 cm³/mol. The van der Waals surface area contributed by atoms with Crippen molar-refractivity contribution in [2.24, 2.45) is 0 Å². The highest BCUT2D eigenvalue weighted by molar-refractivity contribution is 5.92. The molecule has 3 aromatic rings. The van der Waals surface area contributed by atoms with Gasteiger partial charge in [0.25, 0.3) is 5.91 Å². The van der Waals surface area contributed by atoms with Gasteiger partial charge in [0.2, 0.25) is 0 Å². The molecule has 1 aliphatic heterocycles. The summed E-state index contributed by atoms with van der Waals surface area (Å²) in [4.78, 5) is 26.3. The molecule has 0 saturated heterocycles. The number of para-hydroxylation sites is 1. The zero-order valence-corrected chi connectivity index (χ0v) is 17.6. The number of hydrogen-bond donors (Lipinski definition) is 2. The summed E-state index contributed by atoms with van der Waals surface area (Å²) in [5.74, 6) is -0.384. The minimum Gasteiger partial charge on any atom is -0.465 e. The molecule has 0 spiro atoms. The van der Waals surface area contributed by atoms with E-state index in [1.165, 1.54) is 18.2 Å². The Morgan fingerprint density at radius 1 is 0.935 bits per heavy atom. The fraction of sp³-hybridized carbons (Fsp3) is 0.231. The summed E-state index contributed by atoms with van der Waals surface area (Å²) < 4.78 is 5.03. The second kappa shape index (κ2) is 9.58. The van der Waals surface area contributed by atoms with Crippen molar-refractivity contribution in [3.63, 3.8) is 0 Å². The summed E-state index contributed by atoms with van der Waals surface area (Å²) >= 11 is 0. The van der Waals surface area contributed by atoms with Gasteiger partial charge in [-0.1, -0.05) is 72.8 Å². The van der Waals surface area contributed by atoms with Crippen LogP contribution in [0.1, 0.15) is 22.3 Å². The highest BCUT2D eigenvalue weighted by atomic mass is 16.5. The van der Waals surface area contributed by atoms with Crippen LogP contribution < -0.4 is 10.2 Å². The molecule has 1 amide bonds. The zero-order chi connectivity index (χ0) is 21.6. The van der Waals surface area contributed by atoms with Crippen molar-refractivity contribution in [1.82, 2.24) is 0 Å². The number of hydrogen-bond acceptors (Lipinski definition) is 3. The number of quaternary nitrogens is 1. The molecule has 1 heterocycles. The number of benzene rings is 3. The lowest BCUT2D eigenvalue weighted by atomic mass is 9.94. The van der Waals surface area contributed by atoms with Crippen LogP contribution in [0.4, 0.5) is 5.69 Å². The normalized spacial score (nSPS) is 17.5. The first kappa shape index (κ1) is 20.8. The van der Waals surface area contributed by atoms with Gasteiger partial charge in [0.05, 0.1) is 7.11 Å². The molecule has 2 N–H and O–H groups in total. The van der Waals surface area contributed by atoms with Gasteiger partial charge in [-0.2, -0.15) is 0 Å². The standard InChI is InChI=1S/C26H26N2O3/c1-31-26(30)24-16-20-11-5-6-13-22(20)17-28(24)18-25(29)27-23-14-8-7-12-21(23)15-19-9-3-2-4-10-19/h2-14,24H,15-18H2,1H3,(H,27,29)/p+1/t24-/m1/s1. The van der Waals surface area contributed by atoms with Crippen LogP contribution in [0.5, 0.6) is 0 Å². The topological polar surface area (TPSA) is 59.8 Å². The van der Waals surface area contributed by atoms with Crippen molar-refractivity contribution in [3.8, 4) is 0 Å². The Hall–Kier alpha value is -3.44. The molecule has 0 aromatic heterocycles. The SMILES string of the molecule is COC(=O)[C@H]1Cc2ccccc2C[NH+]1CC(=O)Nc1ccccc1Cc1ccccc1. The van der Waals surface area contributed by atoms with Gasteiger partial charge in [-0.25, -0.2) is 4.79 Å². The number of carbonyl (C=O) groups is 2. The number of rotatable bonds is 6. The summed E-state index contributed by atoms with van der Waals surface area (Å²) in [5.41, 5.74) is 5.38. The molecule has 5 heteroatoms. The summed E-state index contributed by atoms with van der Waals surface area (Å²) in [6, 6.07) is 25.7. The molecule has 3 aromatic carbocycles. The van der Waals surface area contributed by atoms with Crippen molar-refractivity contribution in [1.29, 1.82) is 0 Å². The van der Waals surface area contributed by atoms with E-state index in [1.807, 2.05) is 60.7 Å². The van der Waals surface area contributed by atoms with Gasteiger partial charge in [-0.3, -0.25) is 4.79 Å². The van der Waals surface area contributed by atoms with E-state index in [1.54, 1.807) is 0 Å². The Morgan fingerprint density at radius 2 is 1.61 bits per heavy atom. The zero-order valence-electron chi connectivity index (χ0n) is 17.6. The fourth-order valence-electron chi connectivity index (χ4n) is 4.25. The van der Waals surface area contributed by atoms with E-state index >= 15 is 0 Å². The summed E-state index contributed by atoms with van der Waals surface area (Å²) in [6.07, 6.45) is 1.32. The lowest BCUT2D eigenvalue weighted by molar-refractivity contribution is -0.924. The number of anilines is 1. The molecular formula is C26H27N2O3+. The van der Waals surface area contributed by atoms with Crippen molar-refractivity contribution in [2.45, 2.75) is 25.4 Å². The van der Waals surface area contributed by atoms with Gasteiger partial charge in [0.15, 0.2) is 12.6 Å². The van der Waals surface area contributed by atoms with E-state index in [9.17, 15) is 9.59 Å². The second-order valence-electron chi connectivity index (χ2n) is 7.93. The largest absolute Gasteiger partial charge is 0.465 e. The van der Waals surface area contributed by atoms with E-state index < -0.39 is 0 Å². The van der Waals surface area contributed by atoms with Crippen LogP contribution in [0.15, 0.2) is 78.9 Å². The Kier molecular flexibility index (Phi) is 6.43. The molecule has 0 saturated carbocycles. The summed E-state index contributed by atoms with van der Waals surface area (Å²) in [6.45, 7) is 0.822. The van der Waals surface area contributed by atoms with Gasteiger partial charge >= 0.3 is 5.97 Å². The molecule has 1 unspecified atom stereocenters. The maximum atomic E-state index is 13.0. The van der Waals surface area contributed by atoms with Crippen LogP contribution in [-0.2, 0) is 33.7 Å². The molecule has 0 aliphatic carbocycles. The minimum atomic E-state index is -0.384. The number of carbonyl (C=O) groups excluding carboxylic acids is 2. The average Bonchev–Trinajstić information content (AvgIpc) is 2.80. The third-order valence-corrected chi connectivity index (χ3v) is 5.85. The van der Waals surface area contributed by atoms with Crippen LogP contribution in [0.25, 0.3) is 0 Å². The van der Waals surface area contributed by atoms with Crippen LogP contribution in [-0.4, -0.2) is 31.6 Å². The molecule has 5 nitrogen and oxygen atoms in total. The highest BCUT2D eigenvalue weighted by Crippen LogP contribution is 2.19. The van der Waals surface area contributed by atoms with E-state index in [-0.39, 0.29) is 24.5 Å². The van der Waals surface area contributed by atoms with Crippen molar-refractivity contribution >= 4 is 17.6 Å². The molecule has 0 fully saturated rings. The molecular weight excluding hydrogens is 388 g/mol. The first-order valence-electron chi connectivity index (χ1n) is 10.5.